The van der Waals surface area contributed by atoms with Crippen molar-refractivity contribution in [1.29, 1.82) is 0 Å². The Balaban J connectivity index is 0. The number of aliphatic carboxylic acids is 2. The van der Waals surface area contributed by atoms with Crippen LogP contribution in [0.1, 0.15) is 19.8 Å². The third-order valence-corrected chi connectivity index (χ3v) is 1.17. The summed E-state index contributed by atoms with van der Waals surface area (Å²) in [5.41, 5.74) is 0. The van der Waals surface area contributed by atoms with Crippen LogP contribution in [-0.2, 0) is 9.59 Å². The van der Waals surface area contributed by atoms with Gasteiger partial charge in [-0.3, -0.25) is 9.59 Å². The van der Waals surface area contributed by atoms with Crippen LogP contribution in [0.5, 0.6) is 0 Å². The Kier molecular flexibility index (Phi) is 6.47. The molecule has 0 aliphatic carbocycles. The Morgan fingerprint density at radius 3 is 1.73 bits per heavy atom. The van der Waals surface area contributed by atoms with Gasteiger partial charge in [-0.2, -0.15) is 0 Å². The summed E-state index contributed by atoms with van der Waals surface area (Å²) < 4.78 is 0. The van der Waals surface area contributed by atoms with Crippen molar-refractivity contribution in [1.82, 2.24) is 6.15 Å². The van der Waals surface area contributed by atoms with Crippen molar-refractivity contribution in [3.8, 4) is 0 Å². The standard InChI is InChI=1S/C6H10O4.H3N/c1-2-3-4(5(7)8)6(9)10;/h4H,2-3H2,1H3,(H,7,8)(H,9,10);1H3. The molecule has 66 valence electrons. The second kappa shape index (κ2) is 5.67. The van der Waals surface area contributed by atoms with Crippen LogP contribution in [0.2, 0.25) is 0 Å². The lowest BCUT2D eigenvalue weighted by molar-refractivity contribution is -0.154. The first-order chi connectivity index (χ1) is 4.59. The Hall–Kier alpha value is -1.10. The molecule has 5 N–H and O–H groups in total. The molecule has 11 heavy (non-hydrogen) atoms. The van der Waals surface area contributed by atoms with Gasteiger partial charge >= 0.3 is 11.9 Å². The maximum atomic E-state index is 10.2. The molecule has 0 fully saturated rings. The predicted octanol–water partition coefficient (Wildman–Crippen LogP) is 0.734. The highest BCUT2D eigenvalue weighted by Crippen LogP contribution is 2.05. The number of hydrogen-bond acceptors (Lipinski definition) is 3. The highest BCUT2D eigenvalue weighted by atomic mass is 16.4. The fourth-order valence-electron chi connectivity index (χ4n) is 0.641. The first-order valence-electron chi connectivity index (χ1n) is 3.05. The van der Waals surface area contributed by atoms with Crippen molar-refractivity contribution in [2.75, 3.05) is 0 Å². The second-order valence-corrected chi connectivity index (χ2v) is 2.02. The van der Waals surface area contributed by atoms with Crippen LogP contribution in [-0.4, -0.2) is 22.2 Å². The van der Waals surface area contributed by atoms with Crippen molar-refractivity contribution in [3.05, 3.63) is 0 Å². The highest BCUT2D eigenvalue weighted by molar-refractivity contribution is 5.92. The zero-order valence-corrected chi connectivity index (χ0v) is 6.41. The van der Waals surface area contributed by atoms with Gasteiger partial charge in [0.05, 0.1) is 0 Å². The van der Waals surface area contributed by atoms with Gasteiger partial charge < -0.3 is 16.4 Å². The van der Waals surface area contributed by atoms with Crippen molar-refractivity contribution >= 4 is 11.9 Å². The summed E-state index contributed by atoms with van der Waals surface area (Å²) in [5.74, 6) is -3.74. The molecule has 0 bridgehead atoms. The monoisotopic (exact) mass is 163 g/mol. The summed E-state index contributed by atoms with van der Waals surface area (Å²) in [5, 5.41) is 16.6. The van der Waals surface area contributed by atoms with E-state index in [2.05, 4.69) is 0 Å². The molecular weight excluding hydrogens is 150 g/mol. The van der Waals surface area contributed by atoms with Gasteiger partial charge in [-0.15, -0.1) is 0 Å². The van der Waals surface area contributed by atoms with Crippen molar-refractivity contribution in [2.24, 2.45) is 5.92 Å². The molecule has 0 amide bonds. The summed E-state index contributed by atoms with van der Waals surface area (Å²) in [7, 11) is 0. The number of carboxylic acid groups (broad SMARTS) is 2. The van der Waals surface area contributed by atoms with Gasteiger partial charge in [-0.05, 0) is 6.42 Å². The lowest BCUT2D eigenvalue weighted by Gasteiger charge is -2.02. The number of carboxylic acids is 2. The molecule has 0 unspecified atom stereocenters. The molecule has 0 radical (unpaired) electrons. The Morgan fingerprint density at radius 2 is 1.64 bits per heavy atom. The number of carbonyl (C=O) groups is 2. The third-order valence-electron chi connectivity index (χ3n) is 1.17. The predicted molar refractivity (Wildman–Crippen MR) is 38.7 cm³/mol. The molecule has 0 spiro atoms. The Labute approximate surface area is 64.6 Å². The molecule has 0 rings (SSSR count). The first-order valence-corrected chi connectivity index (χ1v) is 3.05. The van der Waals surface area contributed by atoms with Crippen molar-refractivity contribution in [2.45, 2.75) is 19.8 Å². The van der Waals surface area contributed by atoms with Gasteiger partial charge in [0.15, 0.2) is 5.92 Å². The number of hydrogen-bond donors (Lipinski definition) is 3. The largest absolute Gasteiger partial charge is 0.481 e. The fraction of sp³-hybridized carbons (Fsp3) is 0.667. The topological polar surface area (TPSA) is 110 Å². The molecule has 0 heterocycles. The molecular formula is C6H13NO4. The van der Waals surface area contributed by atoms with Gasteiger partial charge in [-0.1, -0.05) is 13.3 Å². The van der Waals surface area contributed by atoms with E-state index in [0.29, 0.717) is 6.42 Å². The summed E-state index contributed by atoms with van der Waals surface area (Å²) in [4.78, 5) is 20.3. The molecule has 0 aliphatic rings. The van der Waals surface area contributed by atoms with Crippen LogP contribution >= 0.6 is 0 Å². The molecule has 0 saturated heterocycles. The third kappa shape index (κ3) is 4.32. The molecule has 5 heteroatoms. The van der Waals surface area contributed by atoms with E-state index < -0.39 is 17.9 Å². The van der Waals surface area contributed by atoms with E-state index in [-0.39, 0.29) is 12.6 Å². The summed E-state index contributed by atoms with van der Waals surface area (Å²) >= 11 is 0. The van der Waals surface area contributed by atoms with Crippen molar-refractivity contribution < 1.29 is 19.8 Å². The molecule has 0 aromatic carbocycles. The van der Waals surface area contributed by atoms with E-state index in [4.69, 9.17) is 10.2 Å². The van der Waals surface area contributed by atoms with E-state index in [9.17, 15) is 9.59 Å². The van der Waals surface area contributed by atoms with Gasteiger partial charge in [0.25, 0.3) is 0 Å². The van der Waals surface area contributed by atoms with Crippen molar-refractivity contribution in [3.63, 3.8) is 0 Å². The minimum absolute atomic E-state index is 0. The van der Waals surface area contributed by atoms with Gasteiger partial charge in [0, 0.05) is 0 Å². The van der Waals surface area contributed by atoms with Gasteiger partial charge in [0.1, 0.15) is 0 Å². The molecule has 0 saturated carbocycles. The maximum Gasteiger partial charge on any atom is 0.317 e. The fourth-order valence-corrected chi connectivity index (χ4v) is 0.641. The van der Waals surface area contributed by atoms with E-state index in [1.165, 1.54) is 0 Å². The zero-order valence-electron chi connectivity index (χ0n) is 6.41. The molecule has 0 aliphatic heterocycles. The smallest absolute Gasteiger partial charge is 0.317 e. The molecule has 0 aromatic rings. The quantitative estimate of drug-likeness (QED) is 0.529. The minimum atomic E-state index is -1.26. The average molecular weight is 163 g/mol. The molecule has 5 nitrogen and oxygen atoms in total. The summed E-state index contributed by atoms with van der Waals surface area (Å²) in [6, 6.07) is 0. The van der Waals surface area contributed by atoms with E-state index in [1.54, 1.807) is 6.92 Å². The normalized spacial score (nSPS) is 8.91. The second-order valence-electron chi connectivity index (χ2n) is 2.02. The minimum Gasteiger partial charge on any atom is -0.481 e. The lowest BCUT2D eigenvalue weighted by Crippen LogP contribution is -2.22. The first kappa shape index (κ1) is 12.6. The average Bonchev–Trinajstić information content (AvgIpc) is 1.81. The van der Waals surface area contributed by atoms with Crippen LogP contribution in [0.15, 0.2) is 0 Å². The van der Waals surface area contributed by atoms with Crippen LogP contribution in [0, 0.1) is 5.92 Å². The van der Waals surface area contributed by atoms with Crippen LogP contribution in [0.4, 0.5) is 0 Å². The number of rotatable bonds is 4. The maximum absolute atomic E-state index is 10.2. The van der Waals surface area contributed by atoms with E-state index in [1.807, 2.05) is 0 Å². The summed E-state index contributed by atoms with van der Waals surface area (Å²) in [6.07, 6.45) is 0.772. The Morgan fingerprint density at radius 1 is 1.27 bits per heavy atom. The SMILES string of the molecule is CCCC(C(=O)O)C(=O)O.N. The highest BCUT2D eigenvalue weighted by Gasteiger charge is 2.23. The zero-order chi connectivity index (χ0) is 8.15. The van der Waals surface area contributed by atoms with Gasteiger partial charge in [-0.25, -0.2) is 0 Å². The van der Waals surface area contributed by atoms with Crippen LogP contribution < -0.4 is 6.15 Å². The van der Waals surface area contributed by atoms with E-state index in [0.717, 1.165) is 0 Å². The Bertz CT molecular complexity index is 132. The molecule has 0 atom stereocenters. The van der Waals surface area contributed by atoms with Crippen LogP contribution in [0.3, 0.4) is 0 Å². The lowest BCUT2D eigenvalue weighted by atomic mass is 10.1. The summed E-state index contributed by atoms with van der Waals surface area (Å²) in [6.45, 7) is 1.75. The van der Waals surface area contributed by atoms with Crippen LogP contribution in [0.25, 0.3) is 0 Å². The molecule has 0 aromatic heterocycles. The van der Waals surface area contributed by atoms with E-state index >= 15 is 0 Å². The van der Waals surface area contributed by atoms with Gasteiger partial charge in [0.2, 0.25) is 0 Å².